The van der Waals surface area contributed by atoms with Gasteiger partial charge in [0.25, 0.3) is 0 Å². The van der Waals surface area contributed by atoms with Crippen molar-refractivity contribution in [1.29, 1.82) is 0 Å². The van der Waals surface area contributed by atoms with E-state index in [0.29, 0.717) is 30.2 Å². The molecule has 1 heterocycles. The molecule has 9 heteroatoms. The molecule has 3 rings (SSSR count). The summed E-state index contributed by atoms with van der Waals surface area (Å²) in [5, 5.41) is 0. The fourth-order valence-corrected chi connectivity index (χ4v) is 4.52. The number of hydrogen-bond donors (Lipinski definition) is 0. The third-order valence-corrected chi connectivity index (χ3v) is 6.58. The van der Waals surface area contributed by atoms with Crippen LogP contribution in [0, 0.1) is 0 Å². The van der Waals surface area contributed by atoms with Crippen molar-refractivity contribution in [2.45, 2.75) is 25.7 Å². The Morgan fingerprint density at radius 2 is 1.39 bits per heavy atom. The van der Waals surface area contributed by atoms with Crippen molar-refractivity contribution in [3.63, 3.8) is 0 Å². The minimum absolute atomic E-state index is 0. The Kier molecular flexibility index (Phi) is 11.5. The van der Waals surface area contributed by atoms with Gasteiger partial charge in [-0.15, -0.1) is 12.4 Å². The number of rotatable bonds is 12. The Morgan fingerprint density at radius 1 is 0.806 bits per heavy atom. The van der Waals surface area contributed by atoms with Gasteiger partial charge >= 0.3 is 0 Å². The van der Waals surface area contributed by atoms with E-state index in [1.807, 2.05) is 29.2 Å². The van der Waals surface area contributed by atoms with Crippen molar-refractivity contribution in [3.05, 3.63) is 41.0 Å². The second-order valence-electron chi connectivity index (χ2n) is 8.70. The Labute approximate surface area is 220 Å². The lowest BCUT2D eigenvalue weighted by atomic mass is 10.0. The number of carbonyl (C=O) groups is 1. The molecule has 1 aliphatic heterocycles. The van der Waals surface area contributed by atoms with Gasteiger partial charge in [0.05, 0.1) is 42.0 Å². The van der Waals surface area contributed by atoms with Crippen LogP contribution in [0.25, 0.3) is 0 Å². The van der Waals surface area contributed by atoms with E-state index in [2.05, 4.69) is 11.9 Å². The van der Waals surface area contributed by atoms with Crippen LogP contribution >= 0.6 is 12.4 Å². The molecule has 0 aliphatic carbocycles. The molecule has 1 amide bonds. The van der Waals surface area contributed by atoms with E-state index in [1.165, 1.54) is 0 Å². The molecule has 0 fully saturated rings. The fraction of sp³-hybridized carbons (Fsp3) is 0.519. The van der Waals surface area contributed by atoms with Crippen LogP contribution in [-0.2, 0) is 24.1 Å². The molecule has 200 valence electrons. The van der Waals surface area contributed by atoms with Crippen molar-refractivity contribution in [2.75, 3.05) is 68.8 Å². The van der Waals surface area contributed by atoms with Crippen LogP contribution in [0.15, 0.2) is 24.3 Å². The number of halogens is 1. The minimum Gasteiger partial charge on any atom is -0.496 e. The van der Waals surface area contributed by atoms with Crippen molar-refractivity contribution in [1.82, 2.24) is 9.80 Å². The lowest BCUT2D eigenvalue weighted by Crippen LogP contribution is -2.35. The lowest BCUT2D eigenvalue weighted by molar-refractivity contribution is -0.130. The molecule has 0 spiro atoms. The average Bonchev–Trinajstić information content (AvgIpc) is 3.03. The molecular weight excluding hydrogens is 484 g/mol. The van der Waals surface area contributed by atoms with E-state index in [4.69, 9.17) is 23.7 Å². The molecule has 0 aromatic heterocycles. The second-order valence-corrected chi connectivity index (χ2v) is 8.70. The lowest BCUT2D eigenvalue weighted by Gasteiger charge is -2.23. The van der Waals surface area contributed by atoms with Crippen LogP contribution in [0.5, 0.6) is 28.7 Å². The van der Waals surface area contributed by atoms with Gasteiger partial charge < -0.3 is 33.5 Å². The van der Waals surface area contributed by atoms with Crippen LogP contribution in [0.2, 0.25) is 0 Å². The van der Waals surface area contributed by atoms with E-state index in [0.717, 1.165) is 67.1 Å². The Morgan fingerprint density at radius 3 is 1.94 bits per heavy atom. The van der Waals surface area contributed by atoms with Crippen molar-refractivity contribution in [2.24, 2.45) is 0 Å². The summed E-state index contributed by atoms with van der Waals surface area (Å²) in [4.78, 5) is 17.2. The van der Waals surface area contributed by atoms with Gasteiger partial charge in [-0.1, -0.05) is 0 Å². The summed E-state index contributed by atoms with van der Waals surface area (Å²) in [6.07, 6.45) is 2.90. The molecule has 0 N–H and O–H groups in total. The van der Waals surface area contributed by atoms with Gasteiger partial charge in [-0.25, -0.2) is 0 Å². The van der Waals surface area contributed by atoms with E-state index < -0.39 is 0 Å². The fourth-order valence-electron chi connectivity index (χ4n) is 4.52. The highest BCUT2D eigenvalue weighted by atomic mass is 35.5. The molecule has 2 aromatic rings. The quantitative estimate of drug-likeness (QED) is 0.421. The number of amides is 1. The van der Waals surface area contributed by atoms with E-state index in [1.54, 1.807) is 35.5 Å². The zero-order valence-corrected chi connectivity index (χ0v) is 23.0. The molecule has 1 aliphatic rings. The van der Waals surface area contributed by atoms with Crippen LogP contribution in [-0.4, -0.2) is 84.5 Å². The van der Waals surface area contributed by atoms with E-state index in [9.17, 15) is 4.79 Å². The van der Waals surface area contributed by atoms with Gasteiger partial charge in [0, 0.05) is 37.3 Å². The number of benzene rings is 2. The summed E-state index contributed by atoms with van der Waals surface area (Å²) < 4.78 is 27.3. The topological polar surface area (TPSA) is 69.7 Å². The number of fused-ring (bicyclic) bond motifs is 1. The maximum atomic E-state index is 12.9. The van der Waals surface area contributed by atoms with Crippen molar-refractivity contribution in [3.8, 4) is 28.7 Å². The molecule has 0 unspecified atom stereocenters. The standard InChI is InChI=1S/C27H38N2O6.ClH/c1-28(12-9-22-23(32-3)17-21(31-2)18-24(22)33-4)10-7-11-29-13-8-19-14-25(34-5)26(35-6)15-20(19)16-27(29)30;/h14-15,17-18H,7-13,16H2,1-6H3;1H. The summed E-state index contributed by atoms with van der Waals surface area (Å²) in [6, 6.07) is 7.70. The number of carbonyl (C=O) groups excluding carboxylic acids is 1. The Bertz CT molecular complexity index is 991. The number of likely N-dealkylation sites (N-methyl/N-ethyl adjacent to an activating group) is 1. The van der Waals surface area contributed by atoms with Crippen LogP contribution in [0.3, 0.4) is 0 Å². The summed E-state index contributed by atoms with van der Waals surface area (Å²) in [5.74, 6) is 3.76. The number of nitrogens with zero attached hydrogens (tertiary/aromatic N) is 2. The molecule has 0 bridgehead atoms. The highest BCUT2D eigenvalue weighted by Gasteiger charge is 2.22. The molecule has 0 radical (unpaired) electrons. The first-order valence-electron chi connectivity index (χ1n) is 11.9. The molecule has 0 atom stereocenters. The zero-order chi connectivity index (χ0) is 25.4. The predicted molar refractivity (Wildman–Crippen MR) is 143 cm³/mol. The van der Waals surface area contributed by atoms with Crippen molar-refractivity contribution < 1.29 is 28.5 Å². The third kappa shape index (κ3) is 7.11. The first kappa shape index (κ1) is 29.4. The SMILES string of the molecule is COc1cc(OC)c(CCN(C)CCCN2CCc3cc(OC)c(OC)cc3CC2=O)c(OC)c1.Cl. The van der Waals surface area contributed by atoms with Crippen molar-refractivity contribution >= 4 is 18.3 Å². The van der Waals surface area contributed by atoms with Gasteiger partial charge in [-0.05, 0) is 56.1 Å². The first-order chi connectivity index (χ1) is 16.9. The highest BCUT2D eigenvalue weighted by Crippen LogP contribution is 2.35. The van der Waals surface area contributed by atoms with E-state index in [-0.39, 0.29) is 18.3 Å². The zero-order valence-electron chi connectivity index (χ0n) is 22.2. The number of methoxy groups -OCH3 is 5. The number of ether oxygens (including phenoxy) is 5. The molecular formula is C27H39ClN2O6. The maximum Gasteiger partial charge on any atom is 0.227 e. The number of hydrogen-bond acceptors (Lipinski definition) is 7. The summed E-state index contributed by atoms with van der Waals surface area (Å²) in [6.45, 7) is 3.18. The molecule has 36 heavy (non-hydrogen) atoms. The predicted octanol–water partition coefficient (Wildman–Crippen LogP) is 3.64. The maximum absolute atomic E-state index is 12.9. The first-order valence-corrected chi connectivity index (χ1v) is 11.9. The molecule has 0 saturated heterocycles. The smallest absolute Gasteiger partial charge is 0.227 e. The van der Waals surface area contributed by atoms with Crippen LogP contribution in [0.1, 0.15) is 23.1 Å². The Hall–Kier alpha value is -2.84. The summed E-state index contributed by atoms with van der Waals surface area (Å²) in [5.41, 5.74) is 3.20. The normalized spacial score (nSPS) is 13.0. The third-order valence-electron chi connectivity index (χ3n) is 6.58. The molecule has 2 aromatic carbocycles. The highest BCUT2D eigenvalue weighted by molar-refractivity contribution is 5.85. The van der Waals surface area contributed by atoms with E-state index >= 15 is 0 Å². The van der Waals surface area contributed by atoms with Gasteiger partial charge in [0.2, 0.25) is 5.91 Å². The minimum atomic E-state index is 0. The Balaban J connectivity index is 0.00000456. The monoisotopic (exact) mass is 522 g/mol. The largest absolute Gasteiger partial charge is 0.496 e. The second kappa shape index (κ2) is 14.0. The van der Waals surface area contributed by atoms with Crippen LogP contribution < -0.4 is 23.7 Å². The summed E-state index contributed by atoms with van der Waals surface area (Å²) >= 11 is 0. The van der Waals surface area contributed by atoms with Crippen LogP contribution in [0.4, 0.5) is 0 Å². The van der Waals surface area contributed by atoms with Gasteiger partial charge in [0.1, 0.15) is 17.2 Å². The summed E-state index contributed by atoms with van der Waals surface area (Å²) in [7, 11) is 10.3. The molecule has 8 nitrogen and oxygen atoms in total. The van der Waals surface area contributed by atoms with Gasteiger partial charge in [-0.3, -0.25) is 4.79 Å². The molecule has 0 saturated carbocycles. The average molecular weight is 523 g/mol. The van der Waals surface area contributed by atoms with Gasteiger partial charge in [-0.2, -0.15) is 0 Å². The van der Waals surface area contributed by atoms with Gasteiger partial charge in [0.15, 0.2) is 11.5 Å².